The van der Waals surface area contributed by atoms with Crippen molar-refractivity contribution in [1.82, 2.24) is 0 Å². The first kappa shape index (κ1) is 32.3. The first-order chi connectivity index (χ1) is 14.5. The first-order valence-corrected chi connectivity index (χ1v) is 15.3. The largest absolute Gasteiger partial charge is 0.501 e. The Morgan fingerprint density at radius 3 is 1.17 bits per heavy atom. The predicted molar refractivity (Wildman–Crippen MR) is 127 cm³/mol. The third-order valence-corrected chi connectivity index (χ3v) is 10.2. The van der Waals surface area contributed by atoms with Crippen molar-refractivity contribution >= 4 is 17.6 Å². The Morgan fingerprint density at radius 1 is 0.533 bits per heavy atom. The molecule has 0 bridgehead atoms. The molecule has 10 heteroatoms. The Morgan fingerprint density at radius 2 is 0.933 bits per heavy atom. The molecule has 0 radical (unpaired) electrons. The highest BCUT2D eigenvalue weighted by Crippen LogP contribution is 2.20. The average molecular weight is 471 g/mol. The molecule has 0 atom stereocenters. The SMILES string of the molecule is CCCCO[Si](CCCN)(OCCCC)OCCCC.CO[Si](CCN)(OC)OC. The van der Waals surface area contributed by atoms with Crippen LogP contribution in [-0.2, 0) is 26.6 Å². The second kappa shape index (κ2) is 22.3. The molecule has 0 fully saturated rings. The van der Waals surface area contributed by atoms with Crippen molar-refractivity contribution in [1.29, 1.82) is 0 Å². The van der Waals surface area contributed by atoms with E-state index in [-0.39, 0.29) is 0 Å². The number of rotatable bonds is 20. The zero-order valence-electron chi connectivity index (χ0n) is 20.5. The Labute approximate surface area is 188 Å². The van der Waals surface area contributed by atoms with Gasteiger partial charge in [0.05, 0.1) is 0 Å². The van der Waals surface area contributed by atoms with Gasteiger partial charge in [0.25, 0.3) is 0 Å². The molecule has 0 rings (SSSR count). The van der Waals surface area contributed by atoms with E-state index >= 15 is 0 Å². The van der Waals surface area contributed by atoms with E-state index < -0.39 is 17.6 Å². The second-order valence-corrected chi connectivity index (χ2v) is 12.8. The predicted octanol–water partition coefficient (Wildman–Crippen LogP) is 3.55. The van der Waals surface area contributed by atoms with E-state index in [0.29, 0.717) is 19.1 Å². The molecule has 0 aliphatic heterocycles. The summed E-state index contributed by atoms with van der Waals surface area (Å²) in [5, 5.41) is 0. The molecule has 0 amide bonds. The van der Waals surface area contributed by atoms with E-state index in [1.807, 2.05) is 0 Å². The molecular weight excluding hydrogens is 420 g/mol. The zero-order valence-corrected chi connectivity index (χ0v) is 22.5. The van der Waals surface area contributed by atoms with Crippen LogP contribution >= 0.6 is 0 Å². The topological polar surface area (TPSA) is 107 Å². The van der Waals surface area contributed by atoms with Gasteiger partial charge in [0, 0.05) is 53.2 Å². The van der Waals surface area contributed by atoms with Gasteiger partial charge in [-0.3, -0.25) is 0 Å². The quantitative estimate of drug-likeness (QED) is 0.205. The highest BCUT2D eigenvalue weighted by Gasteiger charge is 2.40. The van der Waals surface area contributed by atoms with Gasteiger partial charge in [-0.2, -0.15) is 0 Å². The van der Waals surface area contributed by atoms with Crippen LogP contribution in [0.2, 0.25) is 12.1 Å². The van der Waals surface area contributed by atoms with E-state index in [0.717, 1.165) is 70.8 Å². The molecule has 8 nitrogen and oxygen atoms in total. The van der Waals surface area contributed by atoms with E-state index in [1.165, 1.54) is 0 Å². The third-order valence-electron chi connectivity index (χ3n) is 4.53. The van der Waals surface area contributed by atoms with E-state index in [9.17, 15) is 0 Å². The minimum absolute atomic E-state index is 0.530. The number of hydrogen-bond donors (Lipinski definition) is 2. The fraction of sp³-hybridized carbons (Fsp3) is 1.00. The number of nitrogens with two attached hydrogens (primary N) is 2. The zero-order chi connectivity index (χ0) is 23.1. The summed E-state index contributed by atoms with van der Waals surface area (Å²) in [6.07, 6.45) is 7.49. The van der Waals surface area contributed by atoms with Crippen molar-refractivity contribution in [3.63, 3.8) is 0 Å². The molecule has 0 heterocycles. The maximum absolute atomic E-state index is 6.10. The lowest BCUT2D eigenvalue weighted by Gasteiger charge is -2.30. The lowest BCUT2D eigenvalue weighted by molar-refractivity contribution is 0.0560. The van der Waals surface area contributed by atoms with Crippen LogP contribution < -0.4 is 11.5 Å². The summed E-state index contributed by atoms with van der Waals surface area (Å²) < 4.78 is 33.6. The van der Waals surface area contributed by atoms with Gasteiger partial charge < -0.3 is 38.0 Å². The van der Waals surface area contributed by atoms with Crippen LogP contribution in [0.15, 0.2) is 0 Å². The summed E-state index contributed by atoms with van der Waals surface area (Å²) >= 11 is 0. The summed E-state index contributed by atoms with van der Waals surface area (Å²) in [6.45, 7) is 9.93. The van der Waals surface area contributed by atoms with Crippen molar-refractivity contribution in [3.8, 4) is 0 Å². The van der Waals surface area contributed by atoms with Crippen LogP contribution in [0.3, 0.4) is 0 Å². The van der Waals surface area contributed by atoms with E-state index in [1.54, 1.807) is 21.3 Å². The van der Waals surface area contributed by atoms with Gasteiger partial charge >= 0.3 is 17.6 Å². The van der Waals surface area contributed by atoms with Gasteiger partial charge in [-0.1, -0.05) is 40.0 Å². The Kier molecular flexibility index (Phi) is 24.0. The van der Waals surface area contributed by atoms with Gasteiger partial charge in [-0.05, 0) is 38.8 Å². The normalized spacial score (nSPS) is 12.0. The maximum Gasteiger partial charge on any atom is 0.501 e. The lowest BCUT2D eigenvalue weighted by atomic mass is 10.4. The first-order valence-electron chi connectivity index (χ1n) is 11.5. The van der Waals surface area contributed by atoms with Crippen LogP contribution in [0, 0.1) is 0 Å². The van der Waals surface area contributed by atoms with Crippen molar-refractivity contribution < 1.29 is 26.6 Å². The highest BCUT2D eigenvalue weighted by atomic mass is 28.4. The maximum atomic E-state index is 6.10. The average Bonchev–Trinajstić information content (AvgIpc) is 2.77. The third kappa shape index (κ3) is 15.8. The van der Waals surface area contributed by atoms with Crippen LogP contribution in [0.5, 0.6) is 0 Å². The van der Waals surface area contributed by atoms with Crippen molar-refractivity contribution in [2.45, 2.75) is 77.8 Å². The molecule has 0 spiro atoms. The molecule has 0 saturated heterocycles. The van der Waals surface area contributed by atoms with Gasteiger partial charge in [0.15, 0.2) is 0 Å². The smallest absolute Gasteiger partial charge is 0.377 e. The van der Waals surface area contributed by atoms with E-state index in [2.05, 4.69) is 20.8 Å². The van der Waals surface area contributed by atoms with Gasteiger partial charge in [-0.25, -0.2) is 0 Å². The van der Waals surface area contributed by atoms with Gasteiger partial charge in [0.1, 0.15) is 0 Å². The lowest BCUT2D eigenvalue weighted by Crippen LogP contribution is -2.47. The number of unbranched alkanes of at least 4 members (excludes halogenated alkanes) is 3. The van der Waals surface area contributed by atoms with Gasteiger partial charge in [0.2, 0.25) is 0 Å². The minimum atomic E-state index is -2.51. The molecule has 184 valence electrons. The summed E-state index contributed by atoms with van der Waals surface area (Å²) in [7, 11) is -0.116. The molecule has 0 aliphatic rings. The molecule has 0 aromatic rings. The summed E-state index contributed by atoms with van der Waals surface area (Å²) in [5.74, 6) is 0. The molecule has 0 aliphatic carbocycles. The van der Waals surface area contributed by atoms with E-state index in [4.69, 9.17) is 38.0 Å². The van der Waals surface area contributed by atoms with Crippen LogP contribution in [0.4, 0.5) is 0 Å². The Balaban J connectivity index is 0. The van der Waals surface area contributed by atoms with Crippen molar-refractivity contribution in [2.75, 3.05) is 54.2 Å². The molecule has 0 aromatic carbocycles. The van der Waals surface area contributed by atoms with Crippen molar-refractivity contribution in [2.24, 2.45) is 11.5 Å². The standard InChI is InChI=1S/C15H35NO3Si.C5H15NO3Si/c1-4-7-12-17-20(15-10-11-16,18-13-8-5-2)19-14-9-6-3;1-7-10(8-2,9-3)5-4-6/h4-16H2,1-3H3;4-6H2,1-3H3. The minimum Gasteiger partial charge on any atom is -0.377 e. The monoisotopic (exact) mass is 470 g/mol. The second-order valence-electron chi connectivity index (χ2n) is 7.02. The Hall–Kier alpha value is 0.114. The molecule has 30 heavy (non-hydrogen) atoms. The van der Waals surface area contributed by atoms with Crippen LogP contribution in [-0.4, -0.2) is 71.8 Å². The number of hydrogen-bond acceptors (Lipinski definition) is 8. The summed E-state index contributed by atoms with van der Waals surface area (Å²) in [4.78, 5) is 0. The molecule has 4 N–H and O–H groups in total. The van der Waals surface area contributed by atoms with Crippen LogP contribution in [0.25, 0.3) is 0 Å². The summed E-state index contributed by atoms with van der Waals surface area (Å²) in [5.41, 5.74) is 11.0. The highest BCUT2D eigenvalue weighted by molar-refractivity contribution is 6.61. The summed E-state index contributed by atoms with van der Waals surface area (Å²) in [6, 6.07) is 1.51. The Bertz CT molecular complexity index is 318. The fourth-order valence-corrected chi connectivity index (χ4v) is 6.66. The molecule has 0 aromatic heterocycles. The van der Waals surface area contributed by atoms with Crippen LogP contribution in [0.1, 0.15) is 65.7 Å². The fourth-order valence-electron chi connectivity index (χ4n) is 2.51. The van der Waals surface area contributed by atoms with Crippen molar-refractivity contribution in [3.05, 3.63) is 0 Å². The van der Waals surface area contributed by atoms with Gasteiger partial charge in [-0.15, -0.1) is 0 Å². The molecular formula is C20H50N2O6Si2. The molecule has 0 saturated carbocycles. The molecule has 0 unspecified atom stereocenters.